The maximum Gasteiger partial charge on any atom is 0.270 e. The first kappa shape index (κ1) is 21.2. The summed E-state index contributed by atoms with van der Waals surface area (Å²) >= 11 is 1.81. The van der Waals surface area contributed by atoms with Crippen molar-refractivity contribution >= 4 is 33.4 Å². The Kier molecular flexibility index (Phi) is 6.38. The van der Waals surface area contributed by atoms with Crippen molar-refractivity contribution in [2.75, 3.05) is 11.5 Å². The molecule has 2 aliphatic rings. The lowest BCUT2D eigenvalue weighted by atomic mass is 10.1. The molecule has 0 aromatic carbocycles. The first-order chi connectivity index (χ1) is 13.2. The second-order valence-corrected chi connectivity index (χ2v) is 11.5. The number of amides is 2. The molecule has 1 aliphatic carbocycles. The maximum absolute atomic E-state index is 12.8. The topological polar surface area (TPSA) is 110 Å². The Morgan fingerprint density at radius 1 is 1.25 bits per heavy atom. The van der Waals surface area contributed by atoms with Crippen molar-refractivity contribution in [1.29, 1.82) is 0 Å². The van der Waals surface area contributed by atoms with Gasteiger partial charge in [0.05, 0.1) is 10.9 Å². The summed E-state index contributed by atoms with van der Waals surface area (Å²) in [7, 11) is -1.61. The highest BCUT2D eigenvalue weighted by atomic mass is 32.2. The minimum absolute atomic E-state index is 0.0405. The first-order valence-corrected chi connectivity index (χ1v) is 12.5. The van der Waals surface area contributed by atoms with E-state index < -0.39 is 26.7 Å². The van der Waals surface area contributed by atoms with E-state index in [1.54, 1.807) is 25.6 Å². The van der Waals surface area contributed by atoms with Gasteiger partial charge >= 0.3 is 0 Å². The summed E-state index contributed by atoms with van der Waals surface area (Å²) in [6.07, 6.45) is 2.96. The third-order valence-electron chi connectivity index (χ3n) is 5.36. The van der Waals surface area contributed by atoms with Crippen molar-refractivity contribution in [3.8, 4) is 0 Å². The first-order valence-electron chi connectivity index (χ1n) is 9.61. The predicted octanol–water partition coefficient (Wildman–Crippen LogP) is 0.800. The van der Waals surface area contributed by atoms with E-state index in [0.29, 0.717) is 12.1 Å². The average molecular weight is 429 g/mol. The number of nitrogens with zero attached hydrogens (tertiary/aromatic N) is 2. The molecule has 2 amide bonds. The van der Waals surface area contributed by atoms with Crippen LogP contribution in [0.5, 0.6) is 0 Å². The Morgan fingerprint density at radius 3 is 2.61 bits per heavy atom. The van der Waals surface area contributed by atoms with Gasteiger partial charge in [-0.2, -0.15) is 16.9 Å². The van der Waals surface area contributed by atoms with Crippen LogP contribution in [0.25, 0.3) is 0 Å². The molecule has 28 heavy (non-hydrogen) atoms. The number of carbonyl (C=O) groups is 2. The number of carbonyl (C=O) groups excluding carboxylic acids is 2. The lowest BCUT2D eigenvalue weighted by molar-refractivity contribution is -0.119. The van der Waals surface area contributed by atoms with Crippen molar-refractivity contribution < 1.29 is 18.0 Å². The molecule has 1 aromatic rings. The zero-order chi connectivity index (χ0) is 20.5. The summed E-state index contributed by atoms with van der Waals surface area (Å²) in [5.74, 6) is 0.750. The molecule has 1 saturated carbocycles. The van der Waals surface area contributed by atoms with Gasteiger partial charge in [-0.15, -0.1) is 0 Å². The third-order valence-corrected chi connectivity index (χ3v) is 8.44. The van der Waals surface area contributed by atoms with E-state index in [1.807, 2.05) is 11.8 Å². The monoisotopic (exact) mass is 428 g/mol. The normalized spacial score (nSPS) is 22.1. The summed E-state index contributed by atoms with van der Waals surface area (Å²) in [6.45, 7) is 3.14. The van der Waals surface area contributed by atoms with Gasteiger partial charge < -0.3 is 10.6 Å². The molecule has 1 fully saturated rings. The Bertz CT molecular complexity index is 863. The van der Waals surface area contributed by atoms with E-state index in [0.717, 1.165) is 42.0 Å². The van der Waals surface area contributed by atoms with Gasteiger partial charge in [-0.1, -0.05) is 0 Å². The molecular formula is C18H28N4O4S2. The van der Waals surface area contributed by atoms with Gasteiger partial charge in [-0.25, -0.2) is 8.42 Å². The second kappa shape index (κ2) is 8.44. The number of aromatic nitrogens is 2. The molecule has 2 atom stereocenters. The average Bonchev–Trinajstić information content (AvgIpc) is 3.16. The molecule has 1 aromatic heterocycles. The highest BCUT2D eigenvalue weighted by Crippen LogP contribution is 2.27. The summed E-state index contributed by atoms with van der Waals surface area (Å²) in [5, 5.41) is 9.77. The number of fused-ring (bicyclic) bond motifs is 1. The van der Waals surface area contributed by atoms with Crippen LogP contribution in [0.1, 0.15) is 54.9 Å². The number of sulfone groups is 1. The van der Waals surface area contributed by atoms with Crippen LogP contribution in [0, 0.1) is 0 Å². The Labute approximate surface area is 170 Å². The van der Waals surface area contributed by atoms with Gasteiger partial charge in [0.15, 0.2) is 9.84 Å². The molecule has 0 spiro atoms. The zero-order valence-electron chi connectivity index (χ0n) is 16.5. The molecular weight excluding hydrogens is 400 g/mol. The highest BCUT2D eigenvalue weighted by molar-refractivity contribution is 7.98. The molecule has 0 saturated heterocycles. The van der Waals surface area contributed by atoms with Gasteiger partial charge in [0.25, 0.3) is 5.91 Å². The molecule has 3 rings (SSSR count). The Morgan fingerprint density at radius 2 is 1.93 bits per heavy atom. The van der Waals surface area contributed by atoms with Crippen molar-refractivity contribution in [3.05, 3.63) is 17.0 Å². The highest BCUT2D eigenvalue weighted by Gasteiger charge is 2.31. The van der Waals surface area contributed by atoms with Crippen LogP contribution in [-0.4, -0.2) is 58.9 Å². The Balaban J connectivity index is 1.54. The van der Waals surface area contributed by atoms with Crippen LogP contribution in [0.15, 0.2) is 0 Å². The van der Waals surface area contributed by atoms with E-state index in [1.165, 1.54) is 0 Å². The molecule has 156 valence electrons. The largest absolute Gasteiger partial charge is 0.352 e. The zero-order valence-corrected chi connectivity index (χ0v) is 18.2. The van der Waals surface area contributed by atoms with Gasteiger partial charge in [0.1, 0.15) is 11.4 Å². The van der Waals surface area contributed by atoms with Crippen molar-refractivity contribution in [1.82, 2.24) is 20.4 Å². The number of rotatable bonds is 6. The fourth-order valence-electron chi connectivity index (χ4n) is 3.72. The summed E-state index contributed by atoms with van der Waals surface area (Å²) in [5.41, 5.74) is 2.66. The summed E-state index contributed by atoms with van der Waals surface area (Å²) < 4.78 is 25.4. The number of aryl methyl sites for hydroxylation is 2. The van der Waals surface area contributed by atoms with Crippen molar-refractivity contribution in [2.24, 2.45) is 7.05 Å². The van der Waals surface area contributed by atoms with Crippen LogP contribution in [0.4, 0.5) is 0 Å². The van der Waals surface area contributed by atoms with Crippen molar-refractivity contribution in [3.63, 3.8) is 0 Å². The van der Waals surface area contributed by atoms with E-state index >= 15 is 0 Å². The Hall–Kier alpha value is -1.55. The summed E-state index contributed by atoms with van der Waals surface area (Å²) in [4.78, 5) is 24.8. The molecule has 0 radical (unpaired) electrons. The number of hydrogen-bond donors (Lipinski definition) is 2. The van der Waals surface area contributed by atoms with Crippen LogP contribution < -0.4 is 10.6 Å². The quantitative estimate of drug-likeness (QED) is 0.694. The minimum atomic E-state index is -3.41. The lowest BCUT2D eigenvalue weighted by Gasteiger charge is -2.16. The van der Waals surface area contributed by atoms with Crippen molar-refractivity contribution in [2.45, 2.75) is 62.6 Å². The third kappa shape index (κ3) is 4.71. The molecule has 8 nitrogen and oxygen atoms in total. The van der Waals surface area contributed by atoms with E-state index in [4.69, 9.17) is 0 Å². The van der Waals surface area contributed by atoms with E-state index in [-0.39, 0.29) is 18.0 Å². The van der Waals surface area contributed by atoms with Gasteiger partial charge in [0.2, 0.25) is 5.91 Å². The van der Waals surface area contributed by atoms with Gasteiger partial charge in [-0.3, -0.25) is 14.3 Å². The molecule has 0 bridgehead atoms. The van der Waals surface area contributed by atoms with E-state index in [9.17, 15) is 18.0 Å². The van der Waals surface area contributed by atoms with Crippen LogP contribution in [0.2, 0.25) is 0 Å². The lowest BCUT2D eigenvalue weighted by Crippen LogP contribution is -2.40. The fourth-order valence-corrected chi connectivity index (χ4v) is 5.49. The number of nitrogens with one attached hydrogen (secondary N) is 2. The number of thioether (sulfide) groups is 1. The molecule has 2 heterocycles. The van der Waals surface area contributed by atoms with Gasteiger partial charge in [0, 0.05) is 36.9 Å². The predicted molar refractivity (Wildman–Crippen MR) is 109 cm³/mol. The smallest absolute Gasteiger partial charge is 0.270 e. The molecule has 10 heteroatoms. The minimum Gasteiger partial charge on any atom is -0.352 e. The van der Waals surface area contributed by atoms with E-state index in [2.05, 4.69) is 15.7 Å². The van der Waals surface area contributed by atoms with Crippen LogP contribution in [0.3, 0.4) is 0 Å². The molecule has 2 N–H and O–H groups in total. The van der Waals surface area contributed by atoms with Crippen LogP contribution >= 0.6 is 11.8 Å². The molecule has 1 aliphatic heterocycles. The fraction of sp³-hybridized carbons (Fsp3) is 0.722. The number of hydrogen-bond acceptors (Lipinski definition) is 6. The second-order valence-electron chi connectivity index (χ2n) is 7.80. The standard InChI is InChI=1S/C18H28N4O4S2/c1-11(2)28(25,26)10-16(23)19-12-4-5-13(8-12)20-18(24)17-14-9-27-7-6-15(14)21-22(17)3/h11-13H,4-10H2,1-3H3,(H,19,23)(H,20,24)/t12-,13+/m1/s1. The summed E-state index contributed by atoms with van der Waals surface area (Å²) in [6, 6.07) is -0.155. The SMILES string of the molecule is CC(C)S(=O)(=O)CC(=O)N[C@@H]1CC[C@H](NC(=O)c2c3c(nn2C)CCSC3)C1. The molecule has 0 unspecified atom stereocenters. The van der Waals surface area contributed by atoms with Gasteiger partial charge in [-0.05, 0) is 38.9 Å². The van der Waals surface area contributed by atoms with Crippen LogP contribution in [-0.2, 0) is 33.9 Å². The maximum atomic E-state index is 12.8.